The minimum absolute atomic E-state index is 0.0698. The average molecular weight is 300 g/mol. The number of hydrogen-bond donors (Lipinski definition) is 2. The maximum Gasteiger partial charge on any atom is 0.387 e. The van der Waals surface area contributed by atoms with Crippen molar-refractivity contribution in [2.45, 2.75) is 12.7 Å². The van der Waals surface area contributed by atoms with E-state index in [0.29, 0.717) is 5.56 Å². The predicted molar refractivity (Wildman–Crippen MR) is 68.6 cm³/mol. The molecule has 7 heteroatoms. The van der Waals surface area contributed by atoms with Crippen LogP contribution in [0, 0.1) is 11.6 Å². The van der Waals surface area contributed by atoms with Gasteiger partial charge in [0.1, 0.15) is 17.4 Å². The van der Waals surface area contributed by atoms with Crippen LogP contribution in [0.25, 0.3) is 0 Å². The van der Waals surface area contributed by atoms with Crippen LogP contribution in [0.15, 0.2) is 42.5 Å². The molecule has 0 aliphatic heterocycles. The second-order valence-electron chi connectivity index (χ2n) is 4.25. The molecule has 0 saturated heterocycles. The smallest absolute Gasteiger partial charge is 0.387 e. The average Bonchev–Trinajstić information content (AvgIpc) is 2.38. The Balaban J connectivity index is 2.36. The topological polar surface area (TPSA) is 47.3 Å². The van der Waals surface area contributed by atoms with Crippen LogP contribution < -0.4 is 16.0 Å². The Morgan fingerprint density at radius 2 is 1.62 bits per heavy atom. The number of alkyl halides is 2. The molecule has 0 aliphatic carbocycles. The van der Waals surface area contributed by atoms with Crippen LogP contribution in [0.1, 0.15) is 17.2 Å². The molecule has 0 aromatic heterocycles. The summed E-state index contributed by atoms with van der Waals surface area (Å²) in [6, 6.07) is 7.89. The van der Waals surface area contributed by atoms with E-state index in [1.54, 1.807) is 6.07 Å². The van der Waals surface area contributed by atoms with Crippen LogP contribution in [-0.4, -0.2) is 6.61 Å². The summed E-state index contributed by atoms with van der Waals surface area (Å²) in [5.74, 6) is 3.82. The third kappa shape index (κ3) is 3.93. The van der Waals surface area contributed by atoms with E-state index in [-0.39, 0.29) is 11.3 Å². The fourth-order valence-corrected chi connectivity index (χ4v) is 2.00. The van der Waals surface area contributed by atoms with Gasteiger partial charge in [-0.25, -0.2) is 14.2 Å². The van der Waals surface area contributed by atoms with Gasteiger partial charge in [-0.2, -0.15) is 8.78 Å². The zero-order chi connectivity index (χ0) is 15.4. The fraction of sp³-hybridized carbons (Fsp3) is 0.143. The zero-order valence-corrected chi connectivity index (χ0v) is 10.7. The Hall–Kier alpha value is -2.12. The lowest BCUT2D eigenvalue weighted by atomic mass is 9.99. The summed E-state index contributed by atoms with van der Waals surface area (Å²) in [6.07, 6.45) is 0. The number of halogens is 4. The summed E-state index contributed by atoms with van der Waals surface area (Å²) in [5.41, 5.74) is 3.05. The molecule has 0 amide bonds. The Bertz CT molecular complexity index is 601. The number of nitrogens with one attached hydrogen (secondary N) is 1. The Morgan fingerprint density at radius 1 is 0.952 bits per heavy atom. The molecular formula is C14H12F4N2O. The van der Waals surface area contributed by atoms with Crippen molar-refractivity contribution in [3.8, 4) is 5.75 Å². The third-order valence-corrected chi connectivity index (χ3v) is 2.80. The Morgan fingerprint density at radius 3 is 2.19 bits per heavy atom. The molecule has 0 spiro atoms. The molecule has 1 atom stereocenters. The van der Waals surface area contributed by atoms with Gasteiger partial charge in [-0.05, 0) is 35.4 Å². The van der Waals surface area contributed by atoms with Gasteiger partial charge in [0.05, 0.1) is 6.04 Å². The van der Waals surface area contributed by atoms with Crippen molar-refractivity contribution in [2.24, 2.45) is 5.84 Å². The van der Waals surface area contributed by atoms with Crippen molar-refractivity contribution in [1.82, 2.24) is 5.43 Å². The highest BCUT2D eigenvalue weighted by Gasteiger charge is 2.16. The second-order valence-corrected chi connectivity index (χ2v) is 4.25. The summed E-state index contributed by atoms with van der Waals surface area (Å²) in [6.45, 7) is -2.96. The molecule has 2 rings (SSSR count). The number of nitrogens with two attached hydrogens (primary N) is 1. The lowest BCUT2D eigenvalue weighted by Crippen LogP contribution is -2.29. The van der Waals surface area contributed by atoms with E-state index in [9.17, 15) is 17.6 Å². The van der Waals surface area contributed by atoms with E-state index in [1.807, 2.05) is 0 Å². The molecule has 0 saturated carbocycles. The first-order valence-electron chi connectivity index (χ1n) is 5.96. The normalized spacial score (nSPS) is 12.5. The van der Waals surface area contributed by atoms with Crippen LogP contribution in [0.2, 0.25) is 0 Å². The van der Waals surface area contributed by atoms with Gasteiger partial charge in [0.2, 0.25) is 0 Å². The van der Waals surface area contributed by atoms with Gasteiger partial charge in [0, 0.05) is 6.07 Å². The SMILES string of the molecule is NNC(c1cc(F)cc(F)c1)c1cccc(OC(F)F)c1. The molecule has 3 N–H and O–H groups in total. The highest BCUT2D eigenvalue weighted by molar-refractivity contribution is 5.37. The van der Waals surface area contributed by atoms with Crippen LogP contribution in [0.3, 0.4) is 0 Å². The van der Waals surface area contributed by atoms with Gasteiger partial charge >= 0.3 is 6.61 Å². The second kappa shape index (κ2) is 6.55. The Kier molecular flexibility index (Phi) is 4.77. The summed E-state index contributed by atoms with van der Waals surface area (Å²) >= 11 is 0. The molecule has 21 heavy (non-hydrogen) atoms. The minimum atomic E-state index is -2.96. The van der Waals surface area contributed by atoms with Crippen LogP contribution in [-0.2, 0) is 0 Å². The number of hydrogen-bond acceptors (Lipinski definition) is 3. The number of ether oxygens (including phenoxy) is 1. The van der Waals surface area contributed by atoms with Crippen molar-refractivity contribution in [2.75, 3.05) is 0 Å². The van der Waals surface area contributed by atoms with E-state index in [1.165, 1.54) is 18.2 Å². The first kappa shape index (κ1) is 15.3. The molecule has 0 fully saturated rings. The van der Waals surface area contributed by atoms with Crippen molar-refractivity contribution >= 4 is 0 Å². The van der Waals surface area contributed by atoms with Gasteiger partial charge in [-0.15, -0.1) is 0 Å². The summed E-state index contributed by atoms with van der Waals surface area (Å²) in [7, 11) is 0. The fourth-order valence-electron chi connectivity index (χ4n) is 2.00. The molecule has 0 aliphatic rings. The van der Waals surface area contributed by atoms with E-state index in [2.05, 4.69) is 10.2 Å². The number of benzene rings is 2. The monoisotopic (exact) mass is 300 g/mol. The van der Waals surface area contributed by atoms with Crippen molar-refractivity contribution in [3.63, 3.8) is 0 Å². The lowest BCUT2D eigenvalue weighted by molar-refractivity contribution is -0.0498. The molecule has 3 nitrogen and oxygen atoms in total. The zero-order valence-electron chi connectivity index (χ0n) is 10.7. The number of rotatable bonds is 5. The van der Waals surface area contributed by atoms with Crippen molar-refractivity contribution in [3.05, 3.63) is 65.2 Å². The van der Waals surface area contributed by atoms with E-state index in [4.69, 9.17) is 5.84 Å². The van der Waals surface area contributed by atoms with Crippen LogP contribution in [0.4, 0.5) is 17.6 Å². The van der Waals surface area contributed by atoms with E-state index < -0.39 is 24.3 Å². The summed E-state index contributed by atoms with van der Waals surface area (Å²) < 4.78 is 55.2. The maximum atomic E-state index is 13.3. The van der Waals surface area contributed by atoms with Crippen LogP contribution in [0.5, 0.6) is 5.75 Å². The quantitative estimate of drug-likeness (QED) is 0.507. The molecule has 0 radical (unpaired) electrons. The highest BCUT2D eigenvalue weighted by Crippen LogP contribution is 2.26. The Labute approximate surface area is 118 Å². The van der Waals surface area contributed by atoms with Crippen LogP contribution >= 0.6 is 0 Å². The van der Waals surface area contributed by atoms with Gasteiger partial charge in [0.25, 0.3) is 0 Å². The standard InChI is InChI=1S/C14H12F4N2O/c15-10-4-9(5-11(16)7-10)13(20-19)8-2-1-3-12(6-8)21-14(17)18/h1-7,13-14,20H,19H2. The summed E-state index contributed by atoms with van der Waals surface area (Å²) in [5, 5.41) is 0. The molecule has 112 valence electrons. The van der Waals surface area contributed by atoms with Crippen molar-refractivity contribution < 1.29 is 22.3 Å². The molecular weight excluding hydrogens is 288 g/mol. The predicted octanol–water partition coefficient (Wildman–Crippen LogP) is 3.12. The largest absolute Gasteiger partial charge is 0.435 e. The number of hydrazine groups is 1. The van der Waals surface area contributed by atoms with Gasteiger partial charge < -0.3 is 4.74 Å². The molecule has 2 aromatic rings. The maximum absolute atomic E-state index is 13.3. The van der Waals surface area contributed by atoms with Crippen molar-refractivity contribution in [1.29, 1.82) is 0 Å². The minimum Gasteiger partial charge on any atom is -0.435 e. The van der Waals surface area contributed by atoms with E-state index in [0.717, 1.165) is 18.2 Å². The molecule has 0 bridgehead atoms. The molecule has 2 aromatic carbocycles. The first-order valence-corrected chi connectivity index (χ1v) is 5.96. The van der Waals surface area contributed by atoms with Gasteiger partial charge in [-0.3, -0.25) is 5.84 Å². The van der Waals surface area contributed by atoms with Gasteiger partial charge in [0.15, 0.2) is 0 Å². The highest BCUT2D eigenvalue weighted by atomic mass is 19.3. The molecule has 1 unspecified atom stereocenters. The molecule has 0 heterocycles. The lowest BCUT2D eigenvalue weighted by Gasteiger charge is -2.18. The van der Waals surface area contributed by atoms with Gasteiger partial charge in [-0.1, -0.05) is 12.1 Å². The van der Waals surface area contributed by atoms with E-state index >= 15 is 0 Å². The third-order valence-electron chi connectivity index (χ3n) is 2.80. The first-order chi connectivity index (χ1) is 9.99. The summed E-state index contributed by atoms with van der Waals surface area (Å²) in [4.78, 5) is 0.